The van der Waals surface area contributed by atoms with Crippen molar-refractivity contribution in [3.8, 4) is 0 Å². The van der Waals surface area contributed by atoms with Crippen molar-refractivity contribution in [3.05, 3.63) is 34.9 Å². The molecule has 20 heavy (non-hydrogen) atoms. The van der Waals surface area contributed by atoms with Crippen molar-refractivity contribution in [3.63, 3.8) is 0 Å². The fraction of sp³-hybridized carbons (Fsp3) is 0.700. The Morgan fingerprint density at radius 1 is 1.00 bits per heavy atom. The van der Waals surface area contributed by atoms with Gasteiger partial charge in [-0.3, -0.25) is 0 Å². The first-order valence-electron chi connectivity index (χ1n) is 8.42. The Labute approximate surface area is 126 Å². The molecule has 112 valence electrons. The van der Waals surface area contributed by atoms with Crippen molar-refractivity contribution in [2.24, 2.45) is 11.3 Å². The average Bonchev–Trinajstić information content (AvgIpc) is 2.36. The maximum absolute atomic E-state index is 4.29. The van der Waals surface area contributed by atoms with E-state index in [0.717, 1.165) is 5.92 Å². The Hall–Kier alpha value is -0.780. The first-order chi connectivity index (χ1) is 9.41. The molecule has 0 saturated carbocycles. The molecule has 0 nitrogen and oxygen atoms in total. The van der Waals surface area contributed by atoms with Crippen molar-refractivity contribution in [2.45, 2.75) is 79.1 Å². The summed E-state index contributed by atoms with van der Waals surface area (Å²) in [5.74, 6) is 0.849. The molecule has 2 aliphatic rings. The molecule has 0 aromatic rings. The topological polar surface area (TPSA) is 0 Å². The van der Waals surface area contributed by atoms with Gasteiger partial charge < -0.3 is 0 Å². The first kappa shape index (κ1) is 15.6. The molecule has 0 saturated heterocycles. The summed E-state index contributed by atoms with van der Waals surface area (Å²) in [4.78, 5) is 0. The van der Waals surface area contributed by atoms with E-state index in [2.05, 4.69) is 40.3 Å². The van der Waals surface area contributed by atoms with E-state index < -0.39 is 0 Å². The van der Waals surface area contributed by atoms with Gasteiger partial charge in [0.25, 0.3) is 0 Å². The van der Waals surface area contributed by atoms with Gasteiger partial charge in [0.2, 0.25) is 0 Å². The van der Waals surface area contributed by atoms with Gasteiger partial charge in [-0.1, -0.05) is 48.8 Å². The summed E-state index contributed by atoms with van der Waals surface area (Å²) in [6.07, 6.45) is 12.6. The molecular weight excluding hydrogens is 240 g/mol. The van der Waals surface area contributed by atoms with Gasteiger partial charge in [-0.05, 0) is 76.5 Å². The molecular formula is C20H32. The fourth-order valence-electron chi connectivity index (χ4n) is 4.19. The molecule has 0 aromatic carbocycles. The number of allylic oxidation sites excluding steroid dienone is 5. The van der Waals surface area contributed by atoms with Crippen LogP contribution in [-0.2, 0) is 0 Å². The zero-order chi connectivity index (χ0) is 14.8. The molecule has 1 atom stereocenters. The summed E-state index contributed by atoms with van der Waals surface area (Å²) in [5, 5.41) is 0. The molecule has 0 heterocycles. The van der Waals surface area contributed by atoms with Gasteiger partial charge in [-0.25, -0.2) is 0 Å². The van der Waals surface area contributed by atoms with Gasteiger partial charge in [0.1, 0.15) is 0 Å². The molecule has 0 spiro atoms. The van der Waals surface area contributed by atoms with Crippen molar-refractivity contribution in [2.75, 3.05) is 0 Å². The third-order valence-corrected chi connectivity index (χ3v) is 5.79. The zero-order valence-electron chi connectivity index (χ0n) is 14.0. The van der Waals surface area contributed by atoms with Crippen LogP contribution in [-0.4, -0.2) is 0 Å². The minimum Gasteiger partial charge on any atom is -0.0999 e. The van der Waals surface area contributed by atoms with Gasteiger partial charge in [-0.2, -0.15) is 0 Å². The van der Waals surface area contributed by atoms with Crippen LogP contribution in [0.3, 0.4) is 0 Å². The lowest BCUT2D eigenvalue weighted by atomic mass is 9.62. The summed E-state index contributed by atoms with van der Waals surface area (Å²) >= 11 is 0. The Morgan fingerprint density at radius 2 is 1.70 bits per heavy atom. The smallest absolute Gasteiger partial charge is 0.0114 e. The minimum absolute atomic E-state index is 0.391. The van der Waals surface area contributed by atoms with Crippen LogP contribution in [0.25, 0.3) is 0 Å². The largest absolute Gasteiger partial charge is 0.0999 e. The second-order valence-corrected chi connectivity index (χ2v) is 7.59. The van der Waals surface area contributed by atoms with E-state index in [1.165, 1.54) is 56.9 Å². The van der Waals surface area contributed by atoms with E-state index >= 15 is 0 Å². The zero-order valence-corrected chi connectivity index (χ0v) is 14.0. The van der Waals surface area contributed by atoms with E-state index in [4.69, 9.17) is 0 Å². The van der Waals surface area contributed by atoms with Gasteiger partial charge in [-0.15, -0.1) is 0 Å². The first-order valence-corrected chi connectivity index (χ1v) is 8.42. The standard InChI is InChI=1S/C20H32/c1-15-7-6-8-16(2)10-14-19-17(3)11-13-18(12-9-15)20(19,4)5/h8,18H,1,6-7,9-14H2,2-5H3/t18-/m1/s1. The summed E-state index contributed by atoms with van der Waals surface area (Å²) in [6.45, 7) is 13.9. The number of hydrogen-bond donors (Lipinski definition) is 0. The third kappa shape index (κ3) is 3.45. The predicted octanol–water partition coefficient (Wildman–Crippen LogP) is 6.60. The quantitative estimate of drug-likeness (QED) is 0.436. The summed E-state index contributed by atoms with van der Waals surface area (Å²) in [7, 11) is 0. The number of hydrogen-bond acceptors (Lipinski definition) is 0. The molecule has 0 aliphatic heterocycles. The van der Waals surface area contributed by atoms with Gasteiger partial charge >= 0.3 is 0 Å². The normalized spacial score (nSPS) is 28.5. The number of fused-ring (bicyclic) bond motifs is 2. The van der Waals surface area contributed by atoms with E-state index in [9.17, 15) is 0 Å². The molecule has 2 rings (SSSR count). The van der Waals surface area contributed by atoms with Crippen LogP contribution < -0.4 is 0 Å². The van der Waals surface area contributed by atoms with Crippen molar-refractivity contribution >= 4 is 0 Å². The van der Waals surface area contributed by atoms with Gasteiger partial charge in [0.05, 0.1) is 0 Å². The molecule has 0 amide bonds. The second kappa shape index (κ2) is 6.33. The minimum atomic E-state index is 0.391. The van der Waals surface area contributed by atoms with Gasteiger partial charge in [0, 0.05) is 0 Å². The van der Waals surface area contributed by atoms with Crippen LogP contribution in [0, 0.1) is 11.3 Å². The highest BCUT2D eigenvalue weighted by Gasteiger charge is 2.36. The van der Waals surface area contributed by atoms with E-state index in [-0.39, 0.29) is 0 Å². The molecule has 0 aromatic heterocycles. The Morgan fingerprint density at radius 3 is 2.45 bits per heavy atom. The summed E-state index contributed by atoms with van der Waals surface area (Å²) in [6, 6.07) is 0. The van der Waals surface area contributed by atoms with Crippen LogP contribution >= 0.6 is 0 Å². The maximum atomic E-state index is 4.29. The fourth-order valence-corrected chi connectivity index (χ4v) is 4.19. The Balaban J connectivity index is 2.27. The van der Waals surface area contributed by atoms with Crippen molar-refractivity contribution in [1.29, 1.82) is 0 Å². The maximum Gasteiger partial charge on any atom is -0.0114 e. The summed E-state index contributed by atoms with van der Waals surface area (Å²) in [5.41, 5.74) is 6.85. The van der Waals surface area contributed by atoms with Crippen molar-refractivity contribution < 1.29 is 0 Å². The highest BCUT2D eigenvalue weighted by atomic mass is 14.4. The van der Waals surface area contributed by atoms with Crippen molar-refractivity contribution in [1.82, 2.24) is 0 Å². The monoisotopic (exact) mass is 272 g/mol. The highest BCUT2D eigenvalue weighted by molar-refractivity contribution is 5.25. The molecule has 0 N–H and O–H groups in total. The molecule has 0 heteroatoms. The summed E-state index contributed by atoms with van der Waals surface area (Å²) < 4.78 is 0. The van der Waals surface area contributed by atoms with Crippen LogP contribution in [0.4, 0.5) is 0 Å². The lowest BCUT2D eigenvalue weighted by Crippen LogP contribution is -2.31. The van der Waals surface area contributed by atoms with Gasteiger partial charge in [0.15, 0.2) is 0 Å². The van der Waals surface area contributed by atoms with Crippen LogP contribution in [0.5, 0.6) is 0 Å². The van der Waals surface area contributed by atoms with E-state index in [1.807, 2.05) is 0 Å². The molecule has 0 radical (unpaired) electrons. The van der Waals surface area contributed by atoms with Crippen LogP contribution in [0.15, 0.2) is 34.9 Å². The SMILES string of the molecule is C=C1CCC=C(C)CCC2=C(C)CC[C@@H](CC1)C2(C)C. The second-order valence-electron chi connectivity index (χ2n) is 7.59. The molecule has 2 bridgehead atoms. The molecule has 0 unspecified atom stereocenters. The Bertz CT molecular complexity index is 431. The molecule has 2 aliphatic carbocycles. The highest BCUT2D eigenvalue weighted by Crippen LogP contribution is 2.49. The van der Waals surface area contributed by atoms with Crippen LogP contribution in [0.2, 0.25) is 0 Å². The average molecular weight is 272 g/mol. The van der Waals surface area contributed by atoms with E-state index in [0.29, 0.717) is 5.41 Å². The Kier molecular flexibility index (Phi) is 4.94. The van der Waals surface area contributed by atoms with E-state index in [1.54, 1.807) is 16.7 Å². The number of rotatable bonds is 0. The van der Waals surface area contributed by atoms with Crippen LogP contribution in [0.1, 0.15) is 79.1 Å². The lowest BCUT2D eigenvalue weighted by Gasteiger charge is -2.43. The lowest BCUT2D eigenvalue weighted by molar-refractivity contribution is 0.208. The third-order valence-electron chi connectivity index (χ3n) is 5.79. The molecule has 0 fully saturated rings. The predicted molar refractivity (Wildman–Crippen MR) is 89.8 cm³/mol.